The van der Waals surface area contributed by atoms with E-state index in [1.807, 2.05) is 18.2 Å². The Morgan fingerprint density at radius 2 is 1.88 bits per heavy atom. The Balaban J connectivity index is 2.12. The van der Waals surface area contributed by atoms with Crippen molar-refractivity contribution in [3.63, 3.8) is 0 Å². The van der Waals surface area contributed by atoms with Crippen molar-refractivity contribution in [1.29, 1.82) is 0 Å². The molecule has 1 aliphatic rings. The van der Waals surface area contributed by atoms with Gasteiger partial charge in [0.2, 0.25) is 5.12 Å². The molecule has 2 aromatic carbocycles. The van der Waals surface area contributed by atoms with Gasteiger partial charge in [0.15, 0.2) is 5.75 Å². The molecule has 0 aliphatic carbocycles. The zero-order valence-corrected chi connectivity index (χ0v) is 15.0. The lowest BCUT2D eigenvalue weighted by molar-refractivity contribution is -0.284. The van der Waals surface area contributed by atoms with Crippen molar-refractivity contribution in [2.75, 3.05) is 18.0 Å². The van der Waals surface area contributed by atoms with E-state index in [1.165, 1.54) is 6.07 Å². The molecule has 0 N–H and O–H groups in total. The number of ether oxygens (including phenoxy) is 1. The summed E-state index contributed by atoms with van der Waals surface area (Å²) in [5.74, 6) is 0.978. The van der Waals surface area contributed by atoms with Crippen LogP contribution in [-0.4, -0.2) is 22.5 Å². The minimum atomic E-state index is -0.506. The first-order valence-electron chi connectivity index (χ1n) is 7.76. The molecule has 130 valence electrons. The molecule has 1 fully saturated rings. The summed E-state index contributed by atoms with van der Waals surface area (Å²) in [6.45, 7) is 1.63. The molecule has 25 heavy (non-hydrogen) atoms. The number of nitro groups is 1. The first-order valence-corrected chi connectivity index (χ1v) is 8.98. The number of carbonyl (C=O) groups excluding carboxylic acids is 1. The zero-order chi connectivity index (χ0) is 17.8. The lowest BCUT2D eigenvalue weighted by Gasteiger charge is -2.23. The van der Waals surface area contributed by atoms with E-state index in [0.717, 1.165) is 25.9 Å². The fourth-order valence-electron chi connectivity index (χ4n) is 2.76. The summed E-state index contributed by atoms with van der Waals surface area (Å²) in [5.41, 5.74) is 1.00. The van der Waals surface area contributed by atoms with Crippen LogP contribution in [0.1, 0.15) is 23.2 Å². The molecule has 1 saturated heterocycles. The molecule has 0 bridgehead atoms. The summed E-state index contributed by atoms with van der Waals surface area (Å²) < 4.78 is 5.48. The molecular weight excluding hydrogens is 360 g/mol. The minimum absolute atomic E-state index is 0.288. The molecule has 1 heterocycles. The summed E-state index contributed by atoms with van der Waals surface area (Å²) in [6.07, 6.45) is 2.06. The molecule has 0 amide bonds. The Kier molecular flexibility index (Phi) is 5.50. The number of nitrogens with zero attached hydrogens (tertiary/aromatic N) is 2. The molecule has 0 saturated carbocycles. The molecule has 6 nitrogen and oxygen atoms in total. The highest BCUT2D eigenvalue weighted by atomic mass is 32.2. The standard InChI is InChI=1S/C17H16N2O4S2/c20-17(24)12-10-14(18-8-4-5-9-18)16(15(11-12)25-19(21)22)23-13-6-2-1-3-7-13/h1-3,6-7,10-11H,4-5,8-9H2,(H,20,24). The van der Waals surface area contributed by atoms with Crippen molar-refractivity contribution >= 4 is 35.4 Å². The molecule has 3 rings (SSSR count). The summed E-state index contributed by atoms with van der Waals surface area (Å²) in [7, 11) is 0. The second-order valence-corrected chi connectivity index (χ2v) is 6.88. The van der Waals surface area contributed by atoms with Crippen molar-refractivity contribution in [2.24, 2.45) is 0 Å². The van der Waals surface area contributed by atoms with Crippen LogP contribution >= 0.6 is 24.6 Å². The predicted octanol–water partition coefficient (Wildman–Crippen LogP) is 4.43. The molecular formula is C17H16N2O4S2. The summed E-state index contributed by atoms with van der Waals surface area (Å²) >= 11 is 4.30. The number of hydrogen-bond acceptors (Lipinski definition) is 6. The lowest BCUT2D eigenvalue weighted by Crippen LogP contribution is -2.19. The Morgan fingerprint density at radius 1 is 1.20 bits per heavy atom. The summed E-state index contributed by atoms with van der Waals surface area (Å²) in [5, 5.41) is 10.6. The highest BCUT2D eigenvalue weighted by molar-refractivity contribution is 7.97. The third kappa shape index (κ3) is 4.26. The molecule has 1 aliphatic heterocycles. The van der Waals surface area contributed by atoms with Gasteiger partial charge in [-0.05, 0) is 37.1 Å². The van der Waals surface area contributed by atoms with Crippen LogP contribution in [0.4, 0.5) is 5.69 Å². The fraction of sp³-hybridized carbons (Fsp3) is 0.235. The van der Waals surface area contributed by atoms with Crippen LogP contribution in [0, 0.1) is 10.1 Å². The number of carbonyl (C=O) groups is 1. The predicted molar refractivity (Wildman–Crippen MR) is 101 cm³/mol. The molecule has 2 aromatic rings. The maximum absolute atomic E-state index is 11.7. The molecule has 0 radical (unpaired) electrons. The highest BCUT2D eigenvalue weighted by Gasteiger charge is 2.25. The molecule has 0 spiro atoms. The average molecular weight is 376 g/mol. The monoisotopic (exact) mass is 376 g/mol. The lowest BCUT2D eigenvalue weighted by atomic mass is 10.1. The number of thiol groups is 1. The molecule has 0 atom stereocenters. The second kappa shape index (κ2) is 7.79. The van der Waals surface area contributed by atoms with Gasteiger partial charge in [-0.2, -0.15) is 0 Å². The Bertz CT molecular complexity index is 793. The fourth-order valence-corrected chi connectivity index (χ4v) is 3.46. The number of rotatable bonds is 6. The van der Waals surface area contributed by atoms with E-state index in [0.29, 0.717) is 34.7 Å². The second-order valence-electron chi connectivity index (χ2n) is 5.55. The van der Waals surface area contributed by atoms with E-state index >= 15 is 0 Å². The van der Waals surface area contributed by atoms with Gasteiger partial charge in [-0.15, -0.1) is 12.6 Å². The van der Waals surface area contributed by atoms with Crippen molar-refractivity contribution in [3.8, 4) is 11.5 Å². The van der Waals surface area contributed by atoms with Crippen LogP contribution in [0.25, 0.3) is 0 Å². The van der Waals surface area contributed by atoms with Gasteiger partial charge in [-0.3, -0.25) is 14.9 Å². The highest BCUT2D eigenvalue weighted by Crippen LogP contribution is 2.43. The first kappa shape index (κ1) is 17.6. The number of benzene rings is 2. The third-order valence-corrected chi connectivity index (χ3v) is 4.77. The van der Waals surface area contributed by atoms with Gasteiger partial charge >= 0.3 is 0 Å². The normalized spacial score (nSPS) is 13.7. The van der Waals surface area contributed by atoms with Crippen molar-refractivity contribution in [1.82, 2.24) is 0 Å². The first-order chi connectivity index (χ1) is 12.0. The van der Waals surface area contributed by atoms with Crippen molar-refractivity contribution in [3.05, 3.63) is 58.1 Å². The van der Waals surface area contributed by atoms with Crippen LogP contribution in [-0.2, 0) is 0 Å². The third-order valence-electron chi connectivity index (χ3n) is 3.86. The average Bonchev–Trinajstić information content (AvgIpc) is 3.11. The van der Waals surface area contributed by atoms with Gasteiger partial charge in [-0.1, -0.05) is 18.2 Å². The van der Waals surface area contributed by atoms with Crippen LogP contribution in [0.3, 0.4) is 0 Å². The SMILES string of the molecule is O=C(S)c1cc(S[N+](=O)[O-])c(Oc2ccccc2)c(N2CCCC2)c1. The molecule has 0 unspecified atom stereocenters. The Hall–Kier alpha value is -2.19. The topological polar surface area (TPSA) is 72.7 Å². The van der Waals surface area contributed by atoms with Crippen LogP contribution in [0.15, 0.2) is 47.4 Å². The van der Waals surface area contributed by atoms with Crippen molar-refractivity contribution in [2.45, 2.75) is 17.7 Å². The van der Waals surface area contributed by atoms with Crippen LogP contribution in [0.2, 0.25) is 0 Å². The number of para-hydroxylation sites is 1. The zero-order valence-electron chi connectivity index (χ0n) is 13.3. The van der Waals surface area contributed by atoms with E-state index < -0.39 is 9.44 Å². The van der Waals surface area contributed by atoms with Gasteiger partial charge < -0.3 is 9.64 Å². The Morgan fingerprint density at radius 3 is 2.48 bits per heavy atom. The van der Waals surface area contributed by atoms with Gasteiger partial charge in [-0.25, -0.2) is 0 Å². The van der Waals surface area contributed by atoms with Gasteiger partial charge in [0, 0.05) is 18.7 Å². The minimum Gasteiger partial charge on any atom is -0.454 e. The van der Waals surface area contributed by atoms with Crippen LogP contribution in [0.5, 0.6) is 11.5 Å². The van der Waals surface area contributed by atoms with E-state index in [4.69, 9.17) is 4.74 Å². The van der Waals surface area contributed by atoms with Gasteiger partial charge in [0.05, 0.1) is 5.69 Å². The molecule has 8 heteroatoms. The van der Waals surface area contributed by atoms with Gasteiger partial charge in [0.1, 0.15) is 15.0 Å². The van der Waals surface area contributed by atoms with E-state index in [2.05, 4.69) is 17.5 Å². The van der Waals surface area contributed by atoms with E-state index in [-0.39, 0.29) is 4.90 Å². The van der Waals surface area contributed by atoms with E-state index in [9.17, 15) is 14.9 Å². The summed E-state index contributed by atoms with van der Waals surface area (Å²) in [6, 6.07) is 12.2. The van der Waals surface area contributed by atoms with Crippen LogP contribution < -0.4 is 9.64 Å². The van der Waals surface area contributed by atoms with Gasteiger partial charge in [0.25, 0.3) is 11.9 Å². The maximum atomic E-state index is 11.7. The largest absolute Gasteiger partial charge is 0.454 e. The summed E-state index contributed by atoms with van der Waals surface area (Å²) in [4.78, 5) is 25.2. The smallest absolute Gasteiger partial charge is 0.269 e. The number of anilines is 1. The van der Waals surface area contributed by atoms with Crippen molar-refractivity contribution < 1.29 is 13.9 Å². The Labute approximate surface area is 154 Å². The van der Waals surface area contributed by atoms with E-state index in [1.54, 1.807) is 18.2 Å². The quantitative estimate of drug-likeness (QED) is 0.348. The maximum Gasteiger partial charge on any atom is 0.269 e. The molecule has 0 aromatic heterocycles. The number of hydrogen-bond donors (Lipinski definition) is 1.